The molecule has 2 N–H and O–H groups in total. The highest BCUT2D eigenvalue weighted by molar-refractivity contribution is 5.73. The zero-order chi connectivity index (χ0) is 17.0. The number of carboxylic acid groups (broad SMARTS) is 1. The number of hydrogen-bond acceptors (Lipinski definition) is 2. The van der Waals surface area contributed by atoms with Gasteiger partial charge in [0.15, 0.2) is 0 Å². The predicted octanol–water partition coefficient (Wildman–Crippen LogP) is 3.11. The fraction of sp³-hybridized carbons (Fsp3) is 0.462. The lowest BCUT2D eigenvalue weighted by atomic mass is 9.93. The summed E-state index contributed by atoms with van der Waals surface area (Å²) >= 11 is 0. The second-order valence-electron chi connectivity index (χ2n) is 4.69. The quantitative estimate of drug-likeness (QED) is 0.820. The first-order chi connectivity index (χ1) is 9.99. The van der Waals surface area contributed by atoms with Gasteiger partial charge in [0.2, 0.25) is 0 Å². The molecule has 3 nitrogen and oxygen atoms in total. The van der Waals surface area contributed by atoms with Crippen LogP contribution in [0.1, 0.15) is 17.0 Å². The Hall–Kier alpha value is -1.77. The van der Waals surface area contributed by atoms with Crippen LogP contribution in [0.4, 0.5) is 26.3 Å². The molecule has 1 aromatic rings. The van der Waals surface area contributed by atoms with Crippen LogP contribution in [0.2, 0.25) is 0 Å². The van der Waals surface area contributed by atoms with E-state index in [2.05, 4.69) is 5.32 Å². The Balaban J connectivity index is 0.000000295. The lowest BCUT2D eigenvalue weighted by molar-refractivity contribution is -0.192. The number of rotatable bonds is 2. The minimum Gasteiger partial charge on any atom is -0.475 e. The van der Waals surface area contributed by atoms with Gasteiger partial charge in [0.25, 0.3) is 0 Å². The highest BCUT2D eigenvalue weighted by Gasteiger charge is 2.38. The van der Waals surface area contributed by atoms with E-state index in [0.717, 1.165) is 18.7 Å². The summed E-state index contributed by atoms with van der Waals surface area (Å²) in [6, 6.07) is 6.74. The van der Waals surface area contributed by atoms with E-state index in [-0.39, 0.29) is 0 Å². The van der Waals surface area contributed by atoms with Gasteiger partial charge in [0.1, 0.15) is 0 Å². The number of nitrogens with one attached hydrogen (secondary N) is 1. The second-order valence-corrected chi connectivity index (χ2v) is 4.69. The Labute approximate surface area is 121 Å². The van der Waals surface area contributed by atoms with Gasteiger partial charge in [0.05, 0.1) is 6.42 Å². The Kier molecular flexibility index (Phi) is 5.81. The second kappa shape index (κ2) is 6.99. The third-order valence-electron chi connectivity index (χ3n) is 2.88. The topological polar surface area (TPSA) is 49.3 Å². The van der Waals surface area contributed by atoms with Gasteiger partial charge in [-0.25, -0.2) is 4.79 Å². The summed E-state index contributed by atoms with van der Waals surface area (Å²) in [4.78, 5) is 8.90. The van der Waals surface area contributed by atoms with Crippen LogP contribution in [-0.2, 0) is 11.2 Å². The van der Waals surface area contributed by atoms with E-state index < -0.39 is 24.7 Å². The molecular weight excluding hydrogens is 316 g/mol. The number of carbonyl (C=O) groups is 1. The minimum absolute atomic E-state index is 0.332. The number of benzene rings is 1. The standard InChI is InChI=1S/C11H12F3N.C2HF3O2/c12-11(13,14)5-8-1-3-9(4-2-8)10-6-15-7-10;3-2(4,5)1(6)7/h1-4,10,15H,5-7H2;(H,6,7). The van der Waals surface area contributed by atoms with Crippen molar-refractivity contribution in [2.75, 3.05) is 13.1 Å². The third kappa shape index (κ3) is 6.33. The van der Waals surface area contributed by atoms with Gasteiger partial charge >= 0.3 is 18.3 Å². The molecule has 1 saturated heterocycles. The molecule has 1 aliphatic rings. The summed E-state index contributed by atoms with van der Waals surface area (Å²) in [7, 11) is 0. The molecule has 0 unspecified atom stereocenters. The lowest BCUT2D eigenvalue weighted by Gasteiger charge is -2.27. The van der Waals surface area contributed by atoms with Crippen molar-refractivity contribution < 1.29 is 36.2 Å². The zero-order valence-corrected chi connectivity index (χ0v) is 11.1. The van der Waals surface area contributed by atoms with Gasteiger partial charge in [-0.1, -0.05) is 24.3 Å². The van der Waals surface area contributed by atoms with Gasteiger partial charge in [-0.05, 0) is 11.1 Å². The number of halogens is 6. The molecule has 0 amide bonds. The Bertz CT molecular complexity index is 491. The monoisotopic (exact) mass is 329 g/mol. The number of carboxylic acids is 1. The highest BCUT2D eigenvalue weighted by Crippen LogP contribution is 2.24. The average molecular weight is 329 g/mol. The molecule has 0 saturated carbocycles. The lowest BCUT2D eigenvalue weighted by Crippen LogP contribution is -2.39. The van der Waals surface area contributed by atoms with Crippen LogP contribution in [0.5, 0.6) is 0 Å². The molecule has 0 spiro atoms. The van der Waals surface area contributed by atoms with Crippen molar-refractivity contribution in [3.05, 3.63) is 35.4 Å². The molecule has 124 valence electrons. The molecule has 1 aliphatic heterocycles. The van der Waals surface area contributed by atoms with Gasteiger partial charge in [-0.3, -0.25) is 0 Å². The molecule has 0 atom stereocenters. The number of aliphatic carboxylic acids is 1. The van der Waals surface area contributed by atoms with Gasteiger partial charge in [-0.2, -0.15) is 26.3 Å². The summed E-state index contributed by atoms with van der Waals surface area (Å²) < 4.78 is 67.9. The van der Waals surface area contributed by atoms with Crippen molar-refractivity contribution in [1.29, 1.82) is 0 Å². The van der Waals surface area contributed by atoms with E-state index in [0.29, 0.717) is 11.5 Å². The highest BCUT2D eigenvalue weighted by atomic mass is 19.4. The fourth-order valence-electron chi connectivity index (χ4n) is 1.66. The first kappa shape index (κ1) is 18.3. The summed E-state index contributed by atoms with van der Waals surface area (Å²) in [6.07, 6.45) is -10.0. The molecule has 0 radical (unpaired) electrons. The fourth-order valence-corrected chi connectivity index (χ4v) is 1.66. The van der Waals surface area contributed by atoms with Gasteiger partial charge < -0.3 is 10.4 Å². The third-order valence-corrected chi connectivity index (χ3v) is 2.88. The summed E-state index contributed by atoms with van der Waals surface area (Å²) in [5.41, 5.74) is 1.46. The van der Waals surface area contributed by atoms with Crippen molar-refractivity contribution in [3.63, 3.8) is 0 Å². The molecule has 1 aromatic carbocycles. The molecule has 22 heavy (non-hydrogen) atoms. The van der Waals surface area contributed by atoms with Crippen molar-refractivity contribution in [1.82, 2.24) is 5.32 Å². The van der Waals surface area contributed by atoms with Gasteiger partial charge in [-0.15, -0.1) is 0 Å². The zero-order valence-electron chi connectivity index (χ0n) is 11.1. The Morgan fingerprint density at radius 1 is 1.09 bits per heavy atom. The maximum atomic E-state index is 12.1. The van der Waals surface area contributed by atoms with Gasteiger partial charge in [0, 0.05) is 19.0 Å². The number of hydrogen-bond donors (Lipinski definition) is 2. The molecule has 9 heteroatoms. The van der Waals surface area contributed by atoms with Crippen LogP contribution < -0.4 is 5.32 Å². The van der Waals surface area contributed by atoms with E-state index in [1.165, 1.54) is 0 Å². The van der Waals surface area contributed by atoms with E-state index in [1.54, 1.807) is 24.3 Å². The van der Waals surface area contributed by atoms with Crippen LogP contribution >= 0.6 is 0 Å². The maximum absolute atomic E-state index is 12.1. The van der Waals surface area contributed by atoms with E-state index >= 15 is 0 Å². The Morgan fingerprint density at radius 3 is 1.82 bits per heavy atom. The molecule has 0 aromatic heterocycles. The predicted molar refractivity (Wildman–Crippen MR) is 65.5 cm³/mol. The Morgan fingerprint density at radius 2 is 1.55 bits per heavy atom. The number of alkyl halides is 6. The van der Waals surface area contributed by atoms with Crippen molar-refractivity contribution in [2.45, 2.75) is 24.7 Å². The van der Waals surface area contributed by atoms with Crippen LogP contribution in [-0.4, -0.2) is 36.5 Å². The molecular formula is C13H13F6NO2. The molecule has 2 rings (SSSR count). The first-order valence-electron chi connectivity index (χ1n) is 6.15. The van der Waals surface area contributed by atoms with Crippen molar-refractivity contribution in [2.24, 2.45) is 0 Å². The molecule has 1 fully saturated rings. The van der Waals surface area contributed by atoms with Crippen molar-refractivity contribution in [3.8, 4) is 0 Å². The van der Waals surface area contributed by atoms with Crippen LogP contribution in [0.15, 0.2) is 24.3 Å². The summed E-state index contributed by atoms with van der Waals surface area (Å²) in [5.74, 6) is -2.28. The smallest absolute Gasteiger partial charge is 0.475 e. The van der Waals surface area contributed by atoms with Crippen LogP contribution in [0, 0.1) is 0 Å². The van der Waals surface area contributed by atoms with E-state index in [9.17, 15) is 26.3 Å². The van der Waals surface area contributed by atoms with E-state index in [1.807, 2.05) is 0 Å². The SMILES string of the molecule is FC(F)(F)Cc1ccc(C2CNC2)cc1.O=C(O)C(F)(F)F. The maximum Gasteiger partial charge on any atom is 0.490 e. The normalized spacial score (nSPS) is 15.5. The summed E-state index contributed by atoms with van der Waals surface area (Å²) in [5, 5.41) is 10.3. The summed E-state index contributed by atoms with van der Waals surface area (Å²) in [6.45, 7) is 1.86. The van der Waals surface area contributed by atoms with E-state index in [4.69, 9.17) is 9.90 Å². The first-order valence-corrected chi connectivity index (χ1v) is 6.15. The molecule has 0 bridgehead atoms. The molecule has 0 aliphatic carbocycles. The van der Waals surface area contributed by atoms with Crippen LogP contribution in [0.3, 0.4) is 0 Å². The largest absolute Gasteiger partial charge is 0.490 e. The minimum atomic E-state index is -5.08. The molecule has 1 heterocycles. The van der Waals surface area contributed by atoms with Crippen molar-refractivity contribution >= 4 is 5.97 Å². The van der Waals surface area contributed by atoms with Crippen LogP contribution in [0.25, 0.3) is 0 Å². The average Bonchev–Trinajstić information content (AvgIpc) is 2.27.